The highest BCUT2D eigenvalue weighted by Crippen LogP contribution is 2.40. The van der Waals surface area contributed by atoms with Crippen LogP contribution in [0.5, 0.6) is 11.5 Å². The Labute approximate surface area is 440 Å². The zero-order chi connectivity index (χ0) is 65.1. The van der Waals surface area contributed by atoms with Gasteiger partial charge in [0.15, 0.2) is 0 Å². The molecular formula is C65H49N5O. The Morgan fingerprint density at radius 2 is 1.20 bits per heavy atom. The van der Waals surface area contributed by atoms with Crippen LogP contribution in [0.25, 0.3) is 99.8 Å². The first kappa shape index (κ1) is 26.1. The topological polar surface area (TPSA) is 40.8 Å². The lowest BCUT2D eigenvalue weighted by Crippen LogP contribution is -2.31. The number of benzene rings is 9. The van der Waals surface area contributed by atoms with Crippen LogP contribution in [0.3, 0.4) is 0 Å². The number of ether oxygens (including phenoxy) is 1. The Bertz CT molecular complexity index is 5130. The van der Waals surface area contributed by atoms with Crippen LogP contribution in [0.2, 0.25) is 0 Å². The molecule has 340 valence electrons. The zero-order valence-electron chi connectivity index (χ0n) is 58.2. The minimum Gasteiger partial charge on any atom is -0.458 e. The molecule has 9 aromatic carbocycles. The van der Waals surface area contributed by atoms with Crippen LogP contribution >= 0.6 is 0 Å². The molecule has 0 aliphatic rings. The van der Waals surface area contributed by atoms with E-state index in [-0.39, 0.29) is 49.7 Å². The predicted molar refractivity (Wildman–Crippen MR) is 291 cm³/mol. The van der Waals surface area contributed by atoms with Gasteiger partial charge in [0, 0.05) is 42.2 Å². The fraction of sp³-hybridized carbons (Fsp3) is 0.0769. The number of pyridine rings is 1. The predicted octanol–water partition coefficient (Wildman–Crippen LogP) is 16.0. The number of para-hydroxylation sites is 5. The van der Waals surface area contributed by atoms with Crippen molar-refractivity contribution in [1.82, 2.24) is 18.7 Å². The summed E-state index contributed by atoms with van der Waals surface area (Å²) < 4.78 is 190. The lowest BCUT2D eigenvalue weighted by atomic mass is 9.88. The summed E-state index contributed by atoms with van der Waals surface area (Å²) in [5, 5.41) is 1.06. The van der Waals surface area contributed by atoms with Crippen LogP contribution in [0, 0.1) is 11.7 Å². The van der Waals surface area contributed by atoms with Gasteiger partial charge in [-0.15, -0.1) is 0 Å². The van der Waals surface area contributed by atoms with Crippen molar-refractivity contribution in [2.24, 2.45) is 5.41 Å². The summed E-state index contributed by atoms with van der Waals surface area (Å²) in [5.41, 5.74) is 2.18. The molecule has 0 saturated carbocycles. The van der Waals surface area contributed by atoms with Crippen molar-refractivity contribution in [2.45, 2.75) is 27.1 Å². The van der Waals surface area contributed by atoms with Gasteiger partial charge >= 0.3 is 0 Å². The molecule has 13 aromatic rings. The number of nitrogens with zero attached hydrogens (tertiary/aromatic N) is 5. The normalized spacial score (nSPS) is 16.1. The number of hydrogen-bond donors (Lipinski definition) is 0. The van der Waals surface area contributed by atoms with Crippen LogP contribution in [-0.4, -0.2) is 18.7 Å². The van der Waals surface area contributed by atoms with Gasteiger partial charge in [-0.3, -0.25) is 13.7 Å². The maximum absolute atomic E-state index is 9.25. The standard InChI is InChI=1S/C65H49N5O/c1-65(2,3)42-44-36-37-66-63(38-44)70-59-35-32-48(69-57-28-12-10-24-53(57)54-25-11-13-29-58(54)69)40-56(59)55-34-33-50(41-62(55)70)71-49-23-16-22-47(39-49)67-43-68(61-31-15-14-30-60(61)67)64-51(45-18-6-4-7-19-45)26-17-27-52(64)46-20-8-5-9-21-46/h4-41H,42H2,1-3H3/i4D,5D,6D,7D,8D,9D,10D,11D,12D,13D,18D,19D,20D,21D,24D,25D,28D,29D,42D2. The SMILES string of the molecule is [2H]c1c([2H])c([2H])c(-c2cccc(-c3c([2H])c([2H])c([2H])c([2H])c3[2H])c2-[n+]2[c-]n(-c3cccc(Oc4ccc5c6cc(-n7c8c([2H])c([2H])c([2H])c([2H])c8c8c([2H])c([2H])c([2H])c([2H])c87)ccc6n(-c6cc(C([2H])([2H])C(C)(C)C)ccn6)c5c4)c3)c3ccccc32)c([2H])c1[2H]. The molecule has 71 heavy (non-hydrogen) atoms. The van der Waals surface area contributed by atoms with E-state index in [0.29, 0.717) is 67.1 Å². The first-order valence-corrected chi connectivity index (χ1v) is 22.6. The second-order valence-electron chi connectivity index (χ2n) is 17.8. The molecule has 0 N–H and O–H groups in total. The molecule has 0 atom stereocenters. The molecule has 0 amide bonds. The van der Waals surface area contributed by atoms with E-state index < -0.39 is 121 Å². The largest absolute Gasteiger partial charge is 0.458 e. The van der Waals surface area contributed by atoms with Crippen LogP contribution in [0.15, 0.2) is 230 Å². The number of aromatic nitrogens is 5. The van der Waals surface area contributed by atoms with Gasteiger partial charge in [-0.2, -0.15) is 0 Å². The van der Waals surface area contributed by atoms with Crippen LogP contribution in [0.1, 0.15) is 53.7 Å². The number of rotatable bonds is 9. The Balaban J connectivity index is 0.996. The lowest BCUT2D eigenvalue weighted by molar-refractivity contribution is -0.571. The van der Waals surface area contributed by atoms with Crippen molar-refractivity contribution < 1.29 is 36.7 Å². The quantitative estimate of drug-likeness (QED) is 0.107. The third-order valence-electron chi connectivity index (χ3n) is 12.2. The molecular weight excluding hydrogens is 867 g/mol. The van der Waals surface area contributed by atoms with Gasteiger partial charge in [0.25, 0.3) is 6.33 Å². The second-order valence-corrected chi connectivity index (χ2v) is 17.8. The summed E-state index contributed by atoms with van der Waals surface area (Å²) in [5.74, 6) is 0.999. The minimum absolute atomic E-state index is 0.0515. The van der Waals surface area contributed by atoms with E-state index in [1.807, 2.05) is 10.6 Å². The molecule has 0 bridgehead atoms. The lowest BCUT2D eigenvalue weighted by Gasteiger charge is -2.18. The van der Waals surface area contributed by atoms with Gasteiger partial charge in [0.2, 0.25) is 0 Å². The van der Waals surface area contributed by atoms with Crippen molar-refractivity contribution in [1.29, 1.82) is 0 Å². The number of fused-ring (bicyclic) bond motifs is 7. The Morgan fingerprint density at radius 1 is 0.535 bits per heavy atom. The van der Waals surface area contributed by atoms with Crippen LogP contribution < -0.4 is 9.30 Å². The molecule has 0 saturated heterocycles. The van der Waals surface area contributed by atoms with Crippen LogP contribution in [-0.2, 0) is 6.37 Å². The third-order valence-corrected chi connectivity index (χ3v) is 12.2. The summed E-state index contributed by atoms with van der Waals surface area (Å²) in [6.45, 7) is 5.40. The van der Waals surface area contributed by atoms with E-state index in [2.05, 4.69) is 6.33 Å². The van der Waals surface area contributed by atoms with Gasteiger partial charge in [-0.25, -0.2) is 4.98 Å². The van der Waals surface area contributed by atoms with Crippen molar-refractivity contribution >= 4 is 54.6 Å². The van der Waals surface area contributed by atoms with E-state index in [1.165, 1.54) is 16.8 Å². The van der Waals surface area contributed by atoms with Crippen molar-refractivity contribution in [3.05, 3.63) is 242 Å². The molecule has 6 heteroatoms. The van der Waals surface area contributed by atoms with E-state index in [9.17, 15) is 2.74 Å². The fourth-order valence-electron chi connectivity index (χ4n) is 9.37. The zero-order valence-corrected chi connectivity index (χ0v) is 38.2. The first-order chi connectivity index (χ1) is 43.1. The van der Waals surface area contributed by atoms with E-state index in [4.69, 9.17) is 34.4 Å². The molecule has 0 unspecified atom stereocenters. The smallest absolute Gasteiger partial charge is 0.269 e. The molecule has 0 aliphatic carbocycles. The highest BCUT2D eigenvalue weighted by atomic mass is 16.5. The first-order valence-electron chi connectivity index (χ1n) is 32.6. The third kappa shape index (κ3) is 7.43. The number of imidazole rings is 1. The molecule has 0 fully saturated rings. The molecule has 4 heterocycles. The summed E-state index contributed by atoms with van der Waals surface area (Å²) in [6.07, 6.45) is 3.09. The van der Waals surface area contributed by atoms with E-state index >= 15 is 0 Å². The highest BCUT2D eigenvalue weighted by molar-refractivity contribution is 6.12. The van der Waals surface area contributed by atoms with Gasteiger partial charge in [0.1, 0.15) is 17.3 Å². The van der Waals surface area contributed by atoms with Crippen molar-refractivity contribution in [2.75, 3.05) is 0 Å². The monoisotopic (exact) mass is 936 g/mol. The highest BCUT2D eigenvalue weighted by Gasteiger charge is 2.22. The van der Waals surface area contributed by atoms with Crippen molar-refractivity contribution in [3.63, 3.8) is 0 Å². The van der Waals surface area contributed by atoms with Gasteiger partial charge in [-0.1, -0.05) is 166 Å². The van der Waals surface area contributed by atoms with Crippen molar-refractivity contribution in [3.8, 4) is 56.6 Å². The molecule has 0 aliphatic heterocycles. The average Bonchev–Trinajstić information content (AvgIpc) is 1.64. The van der Waals surface area contributed by atoms with Gasteiger partial charge in [0.05, 0.1) is 69.1 Å². The number of hydrogen-bond acceptors (Lipinski definition) is 2. The van der Waals surface area contributed by atoms with Crippen LogP contribution in [0.4, 0.5) is 0 Å². The summed E-state index contributed by atoms with van der Waals surface area (Å²) in [6, 6.07) is 22.7. The van der Waals surface area contributed by atoms with E-state index in [1.54, 1.807) is 133 Å². The van der Waals surface area contributed by atoms with Gasteiger partial charge in [-0.05, 0) is 112 Å². The summed E-state index contributed by atoms with van der Waals surface area (Å²) in [7, 11) is 0. The Morgan fingerprint density at radius 3 is 1.92 bits per heavy atom. The fourth-order valence-corrected chi connectivity index (χ4v) is 9.37. The Hall–Kier alpha value is -9.00. The van der Waals surface area contributed by atoms with Gasteiger partial charge < -0.3 is 9.30 Å². The molecule has 13 rings (SSSR count). The minimum atomic E-state index is -1.84. The Kier molecular flexibility index (Phi) is 6.21. The summed E-state index contributed by atoms with van der Waals surface area (Å²) >= 11 is 0. The molecule has 0 spiro atoms. The maximum atomic E-state index is 9.25. The molecule has 4 aromatic heterocycles. The second kappa shape index (κ2) is 16.9. The maximum Gasteiger partial charge on any atom is 0.269 e. The molecule has 0 radical (unpaired) electrons. The average molecular weight is 936 g/mol. The van der Waals surface area contributed by atoms with E-state index in [0.717, 1.165) is 0 Å². The summed E-state index contributed by atoms with van der Waals surface area (Å²) in [4.78, 5) is 4.79. The molecule has 6 nitrogen and oxygen atoms in total.